The van der Waals surface area contributed by atoms with Gasteiger partial charge in [0.2, 0.25) is 5.91 Å². The number of carbonyl (C=O) groups excluding carboxylic acids is 2. The molecule has 0 bridgehead atoms. The lowest BCUT2D eigenvalue weighted by molar-refractivity contribution is -0.384. The zero-order chi connectivity index (χ0) is 51.0. The van der Waals surface area contributed by atoms with Crippen LogP contribution in [0.4, 0.5) is 21.5 Å². The predicted molar refractivity (Wildman–Crippen MR) is 272 cm³/mol. The lowest BCUT2D eigenvalue weighted by Crippen LogP contribution is -2.60. The van der Waals surface area contributed by atoms with Gasteiger partial charge in [-0.3, -0.25) is 24.6 Å². The molecule has 2 atom stereocenters. The number of nitro groups is 1. The van der Waals surface area contributed by atoms with Crippen molar-refractivity contribution >= 4 is 49.9 Å². The molecule has 2 aromatic heterocycles. The molecule has 17 nitrogen and oxygen atoms in total. The molecule has 0 radical (unpaired) electrons. The maximum absolute atomic E-state index is 14.7. The van der Waals surface area contributed by atoms with Crippen LogP contribution < -0.4 is 24.4 Å². The second kappa shape index (κ2) is 18.9. The van der Waals surface area contributed by atoms with Crippen molar-refractivity contribution in [1.29, 1.82) is 0 Å². The van der Waals surface area contributed by atoms with Crippen LogP contribution in [0.2, 0.25) is 0 Å². The van der Waals surface area contributed by atoms with E-state index in [0.717, 1.165) is 82.5 Å². The van der Waals surface area contributed by atoms with E-state index in [-0.39, 0.29) is 69.8 Å². The van der Waals surface area contributed by atoms with Crippen molar-refractivity contribution in [3.05, 3.63) is 106 Å². The van der Waals surface area contributed by atoms with Gasteiger partial charge in [-0.15, -0.1) is 0 Å². The number of piperidine rings is 1. The van der Waals surface area contributed by atoms with E-state index >= 15 is 0 Å². The molecule has 5 fully saturated rings. The molecule has 2 amide bonds. The van der Waals surface area contributed by atoms with Crippen LogP contribution in [0.5, 0.6) is 17.2 Å². The second-order valence-corrected chi connectivity index (χ2v) is 23.7. The maximum Gasteiger partial charge on any atom is 0.297 e. The maximum atomic E-state index is 14.7. The summed E-state index contributed by atoms with van der Waals surface area (Å²) in [6.07, 6.45) is 11.1. The Labute approximate surface area is 424 Å². The number of pyridine rings is 1. The van der Waals surface area contributed by atoms with Crippen LogP contribution in [-0.2, 0) is 14.8 Å². The Morgan fingerprint density at radius 2 is 1.75 bits per heavy atom. The highest BCUT2D eigenvalue weighted by Crippen LogP contribution is 2.54. The Kier molecular flexibility index (Phi) is 12.6. The number of nitrogens with one attached hydrogen (secondary N) is 3. The summed E-state index contributed by atoms with van der Waals surface area (Å²) in [6.45, 7) is 10.2. The molecule has 4 N–H and O–H groups in total. The third-order valence-corrected chi connectivity index (χ3v) is 18.0. The predicted octanol–water partition coefficient (Wildman–Crippen LogP) is 8.80. The van der Waals surface area contributed by atoms with Crippen LogP contribution >= 0.6 is 0 Å². The van der Waals surface area contributed by atoms with Gasteiger partial charge in [-0.2, -0.15) is 0 Å². The summed E-state index contributed by atoms with van der Waals surface area (Å²) in [6, 6.07) is 17.4. The molecule has 6 aliphatic rings. The van der Waals surface area contributed by atoms with Gasteiger partial charge in [-0.25, -0.2) is 22.5 Å². The van der Waals surface area contributed by atoms with Crippen LogP contribution in [0, 0.1) is 33.2 Å². The molecule has 3 aromatic carbocycles. The number of amides is 2. The highest BCUT2D eigenvalue weighted by atomic mass is 32.2. The zero-order valence-electron chi connectivity index (χ0n) is 41.4. The van der Waals surface area contributed by atoms with Crippen LogP contribution in [0.25, 0.3) is 11.0 Å². The highest BCUT2D eigenvalue weighted by Gasteiger charge is 2.51. The number of piperazine rings is 1. The van der Waals surface area contributed by atoms with Crippen molar-refractivity contribution in [1.82, 2.24) is 24.5 Å². The number of aromatic amines is 1. The number of hydrogen-bond donors (Lipinski definition) is 4. The molecule has 3 aliphatic carbocycles. The second-order valence-electron chi connectivity index (χ2n) is 22.0. The van der Waals surface area contributed by atoms with E-state index < -0.39 is 42.9 Å². The quantitative estimate of drug-likeness (QED) is 0.0681. The molecule has 5 heterocycles. The molecule has 3 aliphatic heterocycles. The number of hydrogen-bond acceptors (Lipinski definition) is 13. The first-order chi connectivity index (χ1) is 34.9. The molecule has 5 aromatic rings. The largest absolute Gasteiger partial charge is 0.489 e. The summed E-state index contributed by atoms with van der Waals surface area (Å²) in [5.74, 6) is -0.612. The van der Waals surface area contributed by atoms with Crippen molar-refractivity contribution in [3.8, 4) is 17.2 Å². The van der Waals surface area contributed by atoms with Crippen molar-refractivity contribution in [2.45, 2.75) is 120 Å². The summed E-state index contributed by atoms with van der Waals surface area (Å²) >= 11 is 0. The molecule has 19 heteroatoms. The van der Waals surface area contributed by atoms with Crippen LogP contribution in [0.3, 0.4) is 0 Å². The lowest BCUT2D eigenvalue weighted by atomic mass is 9.59. The summed E-state index contributed by atoms with van der Waals surface area (Å²) < 4.78 is 57.2. The van der Waals surface area contributed by atoms with Crippen molar-refractivity contribution in [2.24, 2.45) is 17.3 Å². The first-order valence-electron chi connectivity index (χ1n) is 25.8. The highest BCUT2D eigenvalue weighted by molar-refractivity contribution is 7.90. The molecule has 386 valence electrons. The standard InChI is InChI=1S/C54H63FN8O9S/c1-32(2)39-6-4-5-7-40(39)46-30-61(52(65)34-8-9-34)20-21-62(46)36-26-54(27-36)16-18-60(19-17-54)35-10-11-41(47(22-35)72-37-23-42-43(55)29-57-50(42)56-28-37)51(64)59-73(69,70)38-24-45(63(67)68)49-48(25-38)71-31-44(58-49)33-12-14-53(3,66)15-13-33/h4-7,10-11,22-25,28-29,32-34,36,44,46,58,66H,8-9,12-21,26-27,30-31H2,1-3H3,(H,56,57)(H,59,64)/t33?,44-,46+,53?/m1/s1. The van der Waals surface area contributed by atoms with Crippen LogP contribution in [-0.4, -0.2) is 107 Å². The topological polar surface area (TPSA) is 213 Å². The Morgan fingerprint density at radius 3 is 2.48 bits per heavy atom. The summed E-state index contributed by atoms with van der Waals surface area (Å²) in [4.78, 5) is 52.8. The Morgan fingerprint density at radius 1 is 1.00 bits per heavy atom. The number of carbonyl (C=O) groups is 2. The number of nitrogens with zero attached hydrogens (tertiary/aromatic N) is 5. The SMILES string of the molecule is CC(C)c1ccccc1[C@@H]1CN(C(=O)C2CC2)CCN1C1CC2(CCN(c3ccc(C(=O)NS(=O)(=O)c4cc5c(c([N+](=O)[O-])c4)N[C@@H](C4CCC(C)(O)CC4)CO5)c(Oc4cnc5[nH]cc(F)c5c4)c3)CC2)C1. The Hall–Kier alpha value is -6.31. The third-order valence-electron chi connectivity index (χ3n) is 16.7. The fourth-order valence-corrected chi connectivity index (χ4v) is 13.3. The van der Waals surface area contributed by atoms with E-state index in [4.69, 9.17) is 9.47 Å². The normalized spacial score (nSPS) is 24.4. The monoisotopic (exact) mass is 1020 g/mol. The van der Waals surface area contributed by atoms with E-state index in [1.54, 1.807) is 19.1 Å². The van der Waals surface area contributed by atoms with Gasteiger partial charge in [0.1, 0.15) is 29.6 Å². The number of aromatic nitrogens is 2. The van der Waals surface area contributed by atoms with Gasteiger partial charge < -0.3 is 34.7 Å². The number of benzene rings is 3. The zero-order valence-corrected chi connectivity index (χ0v) is 42.3. The fourth-order valence-electron chi connectivity index (χ4n) is 12.3. The average Bonchev–Trinajstić information content (AvgIpc) is 4.16. The number of aliphatic hydroxyl groups is 1. The third kappa shape index (κ3) is 9.71. The number of rotatable bonds is 12. The van der Waals surface area contributed by atoms with E-state index in [9.17, 15) is 37.6 Å². The minimum Gasteiger partial charge on any atom is -0.489 e. The number of H-pyrrole nitrogens is 1. The lowest BCUT2D eigenvalue weighted by Gasteiger charge is -2.58. The molecule has 0 unspecified atom stereocenters. The average molecular weight is 1020 g/mol. The molecule has 3 saturated carbocycles. The van der Waals surface area contributed by atoms with Crippen LogP contribution in [0.1, 0.15) is 118 Å². The number of halogens is 1. The van der Waals surface area contributed by atoms with Crippen molar-refractivity contribution < 1.29 is 41.9 Å². The number of ether oxygens (including phenoxy) is 2. The number of anilines is 2. The van der Waals surface area contributed by atoms with Gasteiger partial charge in [0.05, 0.1) is 44.7 Å². The summed E-state index contributed by atoms with van der Waals surface area (Å²) in [5.41, 5.74) is 2.45. The Balaban J connectivity index is 0.807. The smallest absolute Gasteiger partial charge is 0.297 e. The fraction of sp³-hybridized carbons (Fsp3) is 0.500. The summed E-state index contributed by atoms with van der Waals surface area (Å²) in [5, 5.41) is 26.3. The minimum atomic E-state index is -4.74. The van der Waals surface area contributed by atoms with Gasteiger partial charge in [-0.05, 0) is 118 Å². The van der Waals surface area contributed by atoms with E-state index in [1.165, 1.54) is 35.7 Å². The first kappa shape index (κ1) is 48.9. The van der Waals surface area contributed by atoms with Gasteiger partial charge in [-0.1, -0.05) is 38.1 Å². The molecule has 73 heavy (non-hydrogen) atoms. The summed E-state index contributed by atoms with van der Waals surface area (Å²) in [7, 11) is -4.74. The molecular formula is C54H63FN8O9S. The Bertz CT molecular complexity index is 3080. The number of sulfonamides is 1. The first-order valence-corrected chi connectivity index (χ1v) is 27.3. The molecule has 11 rings (SSSR count). The van der Waals surface area contributed by atoms with Crippen molar-refractivity contribution in [3.63, 3.8) is 0 Å². The van der Waals surface area contributed by atoms with Gasteiger partial charge in [0.25, 0.3) is 21.6 Å². The van der Waals surface area contributed by atoms with Gasteiger partial charge in [0, 0.05) is 74.8 Å². The number of nitro benzene ring substituents is 1. The van der Waals surface area contributed by atoms with E-state index in [1.807, 2.05) is 0 Å². The van der Waals surface area contributed by atoms with Crippen molar-refractivity contribution in [2.75, 3.05) is 49.5 Å². The molecular weight excluding hydrogens is 956 g/mol. The van der Waals surface area contributed by atoms with E-state index in [0.29, 0.717) is 55.7 Å². The minimum absolute atomic E-state index is 0.00228. The molecule has 2 saturated heterocycles. The van der Waals surface area contributed by atoms with E-state index in [2.05, 4.69) is 72.8 Å². The van der Waals surface area contributed by atoms with Gasteiger partial charge >= 0.3 is 0 Å². The van der Waals surface area contributed by atoms with Gasteiger partial charge in [0.15, 0.2) is 11.4 Å². The number of fused-ring (bicyclic) bond motifs is 2. The molecule has 1 spiro atoms. The van der Waals surface area contributed by atoms with Crippen LogP contribution in [0.15, 0.2) is 78.0 Å².